The Bertz CT molecular complexity index is 2210. The number of aliphatic hydroxyl groups is 1. The van der Waals surface area contributed by atoms with E-state index in [0.29, 0.717) is 33.5 Å². The molecule has 0 spiro atoms. The van der Waals surface area contributed by atoms with E-state index in [9.17, 15) is 13.5 Å². The van der Waals surface area contributed by atoms with E-state index in [-0.39, 0.29) is 0 Å². The molecule has 1 aromatic heterocycles. The van der Waals surface area contributed by atoms with Crippen molar-refractivity contribution in [2.45, 2.75) is 44.9 Å². The Labute approximate surface area is 309 Å². The summed E-state index contributed by atoms with van der Waals surface area (Å²) >= 11 is 12.8. The minimum atomic E-state index is -3.95. The second-order valence-corrected chi connectivity index (χ2v) is 16.2. The van der Waals surface area contributed by atoms with Gasteiger partial charge in [0, 0.05) is 47.7 Å². The molecular formula is C40H39Cl2N5O3S. The topological polar surface area (TPSA) is 90.7 Å². The highest BCUT2D eigenvalue weighted by Crippen LogP contribution is 2.38. The lowest BCUT2D eigenvalue weighted by molar-refractivity contribution is 0.265. The number of hydrogen-bond donors (Lipinski definition) is 2. The van der Waals surface area contributed by atoms with Crippen molar-refractivity contribution in [2.75, 3.05) is 22.3 Å². The summed E-state index contributed by atoms with van der Waals surface area (Å²) < 4.78 is 30.3. The molecule has 1 saturated heterocycles. The Kier molecular flexibility index (Phi) is 9.21. The molecule has 1 aliphatic carbocycles. The zero-order valence-electron chi connectivity index (χ0n) is 28.1. The first-order chi connectivity index (χ1) is 24.7. The van der Waals surface area contributed by atoms with Crippen LogP contribution in [0.25, 0.3) is 28.1 Å². The van der Waals surface area contributed by atoms with E-state index in [2.05, 4.69) is 58.2 Å². The first-order valence-corrected chi connectivity index (χ1v) is 19.7. The lowest BCUT2D eigenvalue weighted by atomic mass is 9.80. The quantitative estimate of drug-likeness (QED) is 0.166. The number of halogens is 2. The molecule has 2 fully saturated rings. The molecule has 0 unspecified atom stereocenters. The lowest BCUT2D eigenvalue weighted by Gasteiger charge is -2.28. The van der Waals surface area contributed by atoms with Gasteiger partial charge in [-0.25, -0.2) is 14.0 Å². The van der Waals surface area contributed by atoms with Crippen LogP contribution in [0.15, 0.2) is 109 Å². The highest BCUT2D eigenvalue weighted by molar-refractivity contribution is 7.91. The van der Waals surface area contributed by atoms with Crippen LogP contribution in [0.3, 0.4) is 0 Å². The van der Waals surface area contributed by atoms with Gasteiger partial charge in [-0.05, 0) is 83.5 Å². The van der Waals surface area contributed by atoms with Crippen molar-refractivity contribution in [3.63, 3.8) is 0 Å². The van der Waals surface area contributed by atoms with Crippen molar-refractivity contribution < 1.29 is 13.5 Å². The molecule has 11 heteroatoms. The van der Waals surface area contributed by atoms with Gasteiger partial charge in [0.2, 0.25) is 5.88 Å². The van der Waals surface area contributed by atoms with Gasteiger partial charge in [0.25, 0.3) is 0 Å². The molecule has 5 aromatic rings. The van der Waals surface area contributed by atoms with Crippen LogP contribution in [0.2, 0.25) is 10.0 Å². The minimum absolute atomic E-state index is 0.361. The molecular weight excluding hydrogens is 701 g/mol. The molecule has 4 aromatic carbocycles. The van der Waals surface area contributed by atoms with Crippen LogP contribution in [0.4, 0.5) is 11.4 Å². The number of aromatic nitrogens is 2. The zero-order chi connectivity index (χ0) is 35.1. The molecule has 3 heterocycles. The van der Waals surface area contributed by atoms with E-state index in [1.54, 1.807) is 30.3 Å². The van der Waals surface area contributed by atoms with Gasteiger partial charge in [-0.1, -0.05) is 97.8 Å². The van der Waals surface area contributed by atoms with Crippen molar-refractivity contribution >= 4 is 44.8 Å². The molecule has 1 atom stereocenters. The largest absolute Gasteiger partial charge is 0.493 e. The highest BCUT2D eigenvalue weighted by Gasteiger charge is 2.31. The van der Waals surface area contributed by atoms with Crippen LogP contribution < -0.4 is 13.9 Å². The Morgan fingerprint density at radius 3 is 2.33 bits per heavy atom. The first kappa shape index (κ1) is 33.7. The average Bonchev–Trinajstić information content (AvgIpc) is 3.86. The van der Waals surface area contributed by atoms with Crippen molar-refractivity contribution in [1.29, 1.82) is 0 Å². The van der Waals surface area contributed by atoms with Crippen molar-refractivity contribution in [1.82, 2.24) is 14.3 Å². The number of nitrogens with one attached hydrogen (secondary N) is 1. The predicted molar refractivity (Wildman–Crippen MR) is 206 cm³/mol. The smallest absolute Gasteiger partial charge is 0.330 e. The summed E-state index contributed by atoms with van der Waals surface area (Å²) in [5.74, 6) is 2.00. The Hall–Kier alpha value is -4.44. The average molecular weight is 741 g/mol. The van der Waals surface area contributed by atoms with E-state index < -0.39 is 16.1 Å². The van der Waals surface area contributed by atoms with Crippen LogP contribution >= 0.6 is 23.2 Å². The zero-order valence-corrected chi connectivity index (χ0v) is 30.4. The first-order valence-electron chi connectivity index (χ1n) is 17.5. The number of nitrogens with zero attached hydrogens (tertiary/aromatic N) is 4. The summed E-state index contributed by atoms with van der Waals surface area (Å²) in [6.07, 6.45) is 11.8. The molecule has 0 radical (unpaired) electrons. The maximum Gasteiger partial charge on any atom is 0.330 e. The monoisotopic (exact) mass is 739 g/mol. The normalized spacial score (nSPS) is 18.9. The highest BCUT2D eigenvalue weighted by atomic mass is 35.5. The van der Waals surface area contributed by atoms with Crippen LogP contribution in [0.1, 0.15) is 49.9 Å². The summed E-state index contributed by atoms with van der Waals surface area (Å²) in [6.45, 7) is 2.29. The van der Waals surface area contributed by atoms with Crippen molar-refractivity contribution in [2.24, 2.45) is 11.8 Å². The van der Waals surface area contributed by atoms with E-state index >= 15 is 0 Å². The SMILES string of the molecule is O=S1(=O)NC(O)=CN1c1cccc(-n2cc(-c3ccc(Cl)cc3Cl)nc2Cc2ccc(-c3cccc(N4CC[C@@H](C5CCCCC5)C4)c3)cc2)c1. The summed E-state index contributed by atoms with van der Waals surface area (Å²) in [4.78, 5) is 7.59. The van der Waals surface area contributed by atoms with Crippen molar-refractivity contribution in [3.8, 4) is 28.1 Å². The third-order valence-electron chi connectivity index (χ3n) is 10.5. The van der Waals surface area contributed by atoms with Crippen molar-refractivity contribution in [3.05, 3.63) is 131 Å². The third-order valence-corrected chi connectivity index (χ3v) is 12.3. The third kappa shape index (κ3) is 7.07. The van der Waals surface area contributed by atoms with Gasteiger partial charge < -0.3 is 14.6 Å². The number of rotatable bonds is 8. The molecule has 8 nitrogen and oxygen atoms in total. The second-order valence-electron chi connectivity index (χ2n) is 13.8. The van der Waals surface area contributed by atoms with E-state index in [0.717, 1.165) is 57.9 Å². The van der Waals surface area contributed by atoms with Crippen LogP contribution in [0.5, 0.6) is 0 Å². The van der Waals surface area contributed by atoms with Crippen LogP contribution in [0, 0.1) is 11.8 Å². The summed E-state index contributed by atoms with van der Waals surface area (Å²) in [7, 11) is -3.95. The molecule has 8 rings (SSSR count). The number of hydrogen-bond acceptors (Lipinski definition) is 5. The number of aliphatic hydroxyl groups excluding tert-OH is 1. The Morgan fingerprint density at radius 2 is 1.57 bits per heavy atom. The Morgan fingerprint density at radius 1 is 0.804 bits per heavy atom. The molecule has 0 amide bonds. The lowest BCUT2D eigenvalue weighted by Crippen LogP contribution is -2.29. The van der Waals surface area contributed by atoms with Gasteiger partial charge in [0.05, 0.1) is 22.6 Å². The summed E-state index contributed by atoms with van der Waals surface area (Å²) in [5.41, 5.74) is 7.18. The molecule has 0 bridgehead atoms. The maximum atomic E-state index is 12.6. The van der Waals surface area contributed by atoms with Gasteiger partial charge in [0.1, 0.15) is 5.82 Å². The standard InChI is InChI=1S/C40H39Cl2N5O3S/c41-32-16-17-36(37(42)22-32)38-25-46(34-10-5-11-35(23-34)47-26-40(48)44-51(47,49)50)39(43-38)20-27-12-14-29(15-13-27)30-8-4-9-33(21-30)45-19-18-31(24-45)28-6-2-1-3-7-28/h4-5,8-17,21-23,25-26,28,31,44,48H,1-3,6-7,18-20,24H2/t31-/m1/s1. The van der Waals surface area contributed by atoms with Crippen LogP contribution in [-0.2, 0) is 16.6 Å². The minimum Gasteiger partial charge on any atom is -0.493 e. The molecule has 3 aliphatic rings. The number of benzene rings is 4. The fourth-order valence-corrected chi connectivity index (χ4v) is 9.42. The van der Waals surface area contributed by atoms with E-state index in [1.165, 1.54) is 49.8 Å². The fraction of sp³-hybridized carbons (Fsp3) is 0.275. The van der Waals surface area contributed by atoms with Gasteiger partial charge in [0.15, 0.2) is 0 Å². The number of anilines is 2. The number of imidazole rings is 1. The summed E-state index contributed by atoms with van der Waals surface area (Å²) in [6, 6.07) is 29.9. The molecule has 51 heavy (non-hydrogen) atoms. The molecule has 1 saturated carbocycles. The second kappa shape index (κ2) is 13.9. The van der Waals surface area contributed by atoms with E-state index in [1.807, 2.05) is 22.9 Å². The fourth-order valence-electron chi connectivity index (χ4n) is 7.87. The Balaban J connectivity index is 1.06. The van der Waals surface area contributed by atoms with Gasteiger partial charge in [-0.3, -0.25) is 0 Å². The molecule has 2 aliphatic heterocycles. The molecule has 262 valence electrons. The predicted octanol–water partition coefficient (Wildman–Crippen LogP) is 9.52. The maximum absolute atomic E-state index is 12.6. The van der Waals surface area contributed by atoms with Gasteiger partial charge >= 0.3 is 10.2 Å². The van der Waals surface area contributed by atoms with Gasteiger partial charge in [-0.15, -0.1) is 0 Å². The summed E-state index contributed by atoms with van der Waals surface area (Å²) in [5, 5.41) is 10.9. The molecule has 2 N–H and O–H groups in total. The van der Waals surface area contributed by atoms with Gasteiger partial charge in [-0.2, -0.15) is 8.42 Å². The van der Waals surface area contributed by atoms with Crippen LogP contribution in [-0.4, -0.2) is 36.2 Å². The van der Waals surface area contributed by atoms with E-state index in [4.69, 9.17) is 28.2 Å².